The standard InChI is InChI=1S/C19H13Cl2F3N4O2S/c20-12-4-10(17(30)15(21)6-12)8-25-28-16(29)7-14-9-31-18(27-14)26-13-3-1-2-11(5-13)19(22,23)24/h1-6,8-9,30H,7H2,(H,26,27)(H,28,29)/b25-8-. The first-order chi connectivity index (χ1) is 14.6. The SMILES string of the molecule is O=C(Cc1csc(Nc2cccc(C(F)(F)F)c2)n1)N/N=C\c1cc(Cl)cc(Cl)c1O. The Kier molecular flexibility index (Phi) is 7.04. The Morgan fingerprint density at radius 2 is 2.03 bits per heavy atom. The van der Waals surface area contributed by atoms with Gasteiger partial charge in [-0.25, -0.2) is 10.4 Å². The van der Waals surface area contributed by atoms with Crippen molar-refractivity contribution in [1.29, 1.82) is 0 Å². The van der Waals surface area contributed by atoms with Gasteiger partial charge < -0.3 is 10.4 Å². The summed E-state index contributed by atoms with van der Waals surface area (Å²) >= 11 is 12.8. The van der Waals surface area contributed by atoms with Crippen molar-refractivity contribution in [3.63, 3.8) is 0 Å². The molecule has 6 nitrogen and oxygen atoms in total. The van der Waals surface area contributed by atoms with E-state index in [2.05, 4.69) is 20.8 Å². The summed E-state index contributed by atoms with van der Waals surface area (Å²) < 4.78 is 38.4. The van der Waals surface area contributed by atoms with E-state index in [1.165, 1.54) is 30.5 Å². The van der Waals surface area contributed by atoms with Crippen LogP contribution in [0.15, 0.2) is 46.9 Å². The molecule has 0 saturated carbocycles. The van der Waals surface area contributed by atoms with Gasteiger partial charge in [0.25, 0.3) is 0 Å². The molecule has 0 radical (unpaired) electrons. The molecule has 0 bridgehead atoms. The quantitative estimate of drug-likeness (QED) is 0.310. The molecule has 3 rings (SSSR count). The van der Waals surface area contributed by atoms with Crippen LogP contribution in [0.3, 0.4) is 0 Å². The second kappa shape index (κ2) is 9.54. The number of anilines is 2. The number of alkyl halides is 3. The van der Waals surface area contributed by atoms with E-state index in [4.69, 9.17) is 23.2 Å². The number of hydrazone groups is 1. The van der Waals surface area contributed by atoms with Crippen LogP contribution in [0.4, 0.5) is 24.0 Å². The Morgan fingerprint density at radius 3 is 2.77 bits per heavy atom. The molecular weight excluding hydrogens is 476 g/mol. The third-order valence-corrected chi connectivity index (χ3v) is 5.10. The zero-order valence-corrected chi connectivity index (χ0v) is 17.7. The van der Waals surface area contributed by atoms with Crippen LogP contribution in [0.1, 0.15) is 16.8 Å². The van der Waals surface area contributed by atoms with E-state index in [9.17, 15) is 23.1 Å². The fourth-order valence-corrected chi connectivity index (χ4v) is 3.64. The molecule has 0 saturated heterocycles. The van der Waals surface area contributed by atoms with Gasteiger partial charge in [0.2, 0.25) is 5.91 Å². The van der Waals surface area contributed by atoms with E-state index in [0.717, 1.165) is 23.5 Å². The number of aromatic nitrogens is 1. The monoisotopic (exact) mass is 488 g/mol. The number of nitrogens with one attached hydrogen (secondary N) is 2. The highest BCUT2D eigenvalue weighted by Gasteiger charge is 2.30. The summed E-state index contributed by atoms with van der Waals surface area (Å²) in [5, 5.41) is 18.6. The summed E-state index contributed by atoms with van der Waals surface area (Å²) in [5.74, 6) is -0.714. The maximum absolute atomic E-state index is 12.8. The molecule has 3 aromatic rings. The molecule has 12 heteroatoms. The second-order valence-corrected chi connectivity index (χ2v) is 7.84. The number of phenols is 1. The molecule has 162 valence electrons. The van der Waals surface area contributed by atoms with Gasteiger partial charge in [-0.15, -0.1) is 11.3 Å². The first-order valence-electron chi connectivity index (χ1n) is 8.50. The number of halogens is 5. The fraction of sp³-hybridized carbons (Fsp3) is 0.105. The Balaban J connectivity index is 1.58. The van der Waals surface area contributed by atoms with Gasteiger partial charge in [0.05, 0.1) is 28.9 Å². The summed E-state index contributed by atoms with van der Waals surface area (Å²) in [6.45, 7) is 0. The number of hydrogen-bond acceptors (Lipinski definition) is 6. The molecular formula is C19H13Cl2F3N4O2S. The van der Waals surface area contributed by atoms with Crippen LogP contribution >= 0.6 is 34.5 Å². The van der Waals surface area contributed by atoms with Gasteiger partial charge in [-0.2, -0.15) is 18.3 Å². The lowest BCUT2D eigenvalue weighted by Gasteiger charge is -2.08. The lowest BCUT2D eigenvalue weighted by Crippen LogP contribution is -2.19. The number of aromatic hydroxyl groups is 1. The van der Waals surface area contributed by atoms with Crippen LogP contribution in [0.25, 0.3) is 0 Å². The molecule has 0 aliphatic rings. The van der Waals surface area contributed by atoms with Crippen molar-refractivity contribution >= 4 is 57.5 Å². The number of hydrogen-bond donors (Lipinski definition) is 3. The fourth-order valence-electron chi connectivity index (χ4n) is 2.40. The van der Waals surface area contributed by atoms with Crippen LogP contribution in [-0.2, 0) is 17.4 Å². The van der Waals surface area contributed by atoms with Crippen molar-refractivity contribution in [2.45, 2.75) is 12.6 Å². The molecule has 3 N–H and O–H groups in total. The number of benzene rings is 2. The first kappa shape index (κ1) is 22.9. The molecule has 0 atom stereocenters. The average Bonchev–Trinajstić information content (AvgIpc) is 3.11. The third kappa shape index (κ3) is 6.33. The van der Waals surface area contributed by atoms with E-state index in [1.807, 2.05) is 0 Å². The summed E-state index contributed by atoms with van der Waals surface area (Å²) in [7, 11) is 0. The van der Waals surface area contributed by atoms with E-state index in [-0.39, 0.29) is 28.4 Å². The van der Waals surface area contributed by atoms with Gasteiger partial charge in [0.15, 0.2) is 5.13 Å². The number of carbonyl (C=O) groups is 1. The molecule has 1 amide bonds. The Hall–Kier alpha value is -2.82. The molecule has 0 aliphatic heterocycles. The first-order valence-corrected chi connectivity index (χ1v) is 10.1. The summed E-state index contributed by atoms with van der Waals surface area (Å²) in [5.41, 5.74) is 2.35. The van der Waals surface area contributed by atoms with Crippen molar-refractivity contribution in [2.24, 2.45) is 5.10 Å². The molecule has 1 aromatic heterocycles. The number of nitrogens with zero attached hydrogens (tertiary/aromatic N) is 2. The maximum Gasteiger partial charge on any atom is 0.416 e. The Bertz CT molecular complexity index is 1140. The van der Waals surface area contributed by atoms with Crippen LogP contribution < -0.4 is 10.7 Å². The van der Waals surface area contributed by atoms with Crippen molar-refractivity contribution in [3.8, 4) is 5.75 Å². The van der Waals surface area contributed by atoms with E-state index < -0.39 is 17.6 Å². The van der Waals surface area contributed by atoms with Gasteiger partial charge in [0.1, 0.15) is 5.75 Å². The number of amides is 1. The minimum absolute atomic E-state index is 0.0450. The van der Waals surface area contributed by atoms with E-state index in [0.29, 0.717) is 15.8 Å². The minimum Gasteiger partial charge on any atom is -0.506 e. The van der Waals surface area contributed by atoms with Gasteiger partial charge in [-0.1, -0.05) is 29.3 Å². The highest BCUT2D eigenvalue weighted by molar-refractivity contribution is 7.13. The predicted molar refractivity (Wildman–Crippen MR) is 114 cm³/mol. The van der Waals surface area contributed by atoms with Crippen LogP contribution in [0.5, 0.6) is 5.75 Å². The van der Waals surface area contributed by atoms with Gasteiger partial charge in [-0.05, 0) is 30.3 Å². The number of rotatable bonds is 6. The van der Waals surface area contributed by atoms with Crippen molar-refractivity contribution in [1.82, 2.24) is 10.4 Å². The van der Waals surface area contributed by atoms with Crippen molar-refractivity contribution < 1.29 is 23.1 Å². The van der Waals surface area contributed by atoms with Gasteiger partial charge in [-0.3, -0.25) is 4.79 Å². The highest BCUT2D eigenvalue weighted by atomic mass is 35.5. The lowest BCUT2D eigenvalue weighted by atomic mass is 10.2. The number of phenolic OH excluding ortho intramolecular Hbond substituents is 1. The Labute approximate surface area is 188 Å². The lowest BCUT2D eigenvalue weighted by molar-refractivity contribution is -0.137. The summed E-state index contributed by atoms with van der Waals surface area (Å²) in [4.78, 5) is 16.2. The smallest absolute Gasteiger partial charge is 0.416 e. The molecule has 2 aromatic carbocycles. The van der Waals surface area contributed by atoms with Crippen LogP contribution in [0.2, 0.25) is 10.0 Å². The number of thiazole rings is 1. The highest BCUT2D eigenvalue weighted by Crippen LogP contribution is 2.32. The minimum atomic E-state index is -4.45. The topological polar surface area (TPSA) is 86.6 Å². The van der Waals surface area contributed by atoms with Crippen molar-refractivity contribution in [2.75, 3.05) is 5.32 Å². The molecule has 31 heavy (non-hydrogen) atoms. The predicted octanol–water partition coefficient (Wildman–Crippen LogP) is 5.61. The van der Waals surface area contributed by atoms with Crippen LogP contribution in [-0.4, -0.2) is 22.2 Å². The summed E-state index contributed by atoms with van der Waals surface area (Å²) in [6.07, 6.45) is -3.37. The van der Waals surface area contributed by atoms with E-state index >= 15 is 0 Å². The van der Waals surface area contributed by atoms with Gasteiger partial charge in [0, 0.05) is 21.7 Å². The largest absolute Gasteiger partial charge is 0.506 e. The van der Waals surface area contributed by atoms with Gasteiger partial charge >= 0.3 is 6.18 Å². The zero-order valence-electron chi connectivity index (χ0n) is 15.4. The van der Waals surface area contributed by atoms with E-state index in [1.54, 1.807) is 5.38 Å². The molecule has 0 fully saturated rings. The molecule has 1 heterocycles. The molecule has 0 aliphatic carbocycles. The van der Waals surface area contributed by atoms with Crippen molar-refractivity contribution in [3.05, 3.63) is 68.6 Å². The van der Waals surface area contributed by atoms with Crippen LogP contribution in [0, 0.1) is 0 Å². The second-order valence-electron chi connectivity index (χ2n) is 6.14. The zero-order chi connectivity index (χ0) is 22.6. The molecule has 0 unspecified atom stereocenters. The third-order valence-electron chi connectivity index (χ3n) is 3.79. The maximum atomic E-state index is 12.8. The normalized spacial score (nSPS) is 11.6. The summed E-state index contributed by atoms with van der Waals surface area (Å²) in [6, 6.07) is 7.50. The molecule has 0 spiro atoms. The Morgan fingerprint density at radius 1 is 1.26 bits per heavy atom. The number of carbonyl (C=O) groups excluding carboxylic acids is 1. The average molecular weight is 489 g/mol.